The molecule has 0 spiro atoms. The Hall–Kier alpha value is -1.06. The SMILES string of the molecule is Cc1ccccc1OCC1(O)CCNCC1. The summed E-state index contributed by atoms with van der Waals surface area (Å²) in [7, 11) is 0. The van der Waals surface area contributed by atoms with Crippen LogP contribution in [0.15, 0.2) is 24.3 Å². The number of nitrogens with one attached hydrogen (secondary N) is 1. The number of benzene rings is 1. The largest absolute Gasteiger partial charge is 0.490 e. The zero-order chi connectivity index (χ0) is 11.4. The molecule has 0 radical (unpaired) electrons. The van der Waals surface area contributed by atoms with E-state index in [-0.39, 0.29) is 0 Å². The summed E-state index contributed by atoms with van der Waals surface area (Å²) in [6.07, 6.45) is 1.53. The minimum Gasteiger partial charge on any atom is -0.490 e. The van der Waals surface area contributed by atoms with E-state index in [1.165, 1.54) is 0 Å². The Morgan fingerprint density at radius 3 is 2.69 bits per heavy atom. The second-order valence-electron chi connectivity index (χ2n) is 4.53. The summed E-state index contributed by atoms with van der Waals surface area (Å²) in [4.78, 5) is 0. The fraction of sp³-hybridized carbons (Fsp3) is 0.538. The monoisotopic (exact) mass is 221 g/mol. The van der Waals surface area contributed by atoms with Gasteiger partial charge in [0.05, 0.1) is 0 Å². The number of para-hydroxylation sites is 1. The molecule has 0 aromatic heterocycles. The lowest BCUT2D eigenvalue weighted by Gasteiger charge is -2.32. The van der Waals surface area contributed by atoms with Gasteiger partial charge < -0.3 is 15.2 Å². The summed E-state index contributed by atoms with van der Waals surface area (Å²) in [6.45, 7) is 4.14. The highest BCUT2D eigenvalue weighted by molar-refractivity contribution is 5.31. The van der Waals surface area contributed by atoms with Crippen LogP contribution in [-0.2, 0) is 0 Å². The molecule has 16 heavy (non-hydrogen) atoms. The Balaban J connectivity index is 1.94. The van der Waals surface area contributed by atoms with Crippen LogP contribution in [0.5, 0.6) is 5.75 Å². The molecule has 1 aromatic carbocycles. The van der Waals surface area contributed by atoms with Gasteiger partial charge in [-0.3, -0.25) is 0 Å². The third kappa shape index (κ3) is 2.74. The molecule has 1 heterocycles. The van der Waals surface area contributed by atoms with Crippen LogP contribution in [0, 0.1) is 6.92 Å². The van der Waals surface area contributed by atoms with Crippen LogP contribution in [0.25, 0.3) is 0 Å². The van der Waals surface area contributed by atoms with Gasteiger partial charge in [-0.2, -0.15) is 0 Å². The summed E-state index contributed by atoms with van der Waals surface area (Å²) in [5.74, 6) is 0.870. The Morgan fingerprint density at radius 2 is 2.00 bits per heavy atom. The van der Waals surface area contributed by atoms with Crippen LogP contribution in [0.2, 0.25) is 0 Å². The third-order valence-electron chi connectivity index (χ3n) is 3.12. The molecule has 0 atom stereocenters. The van der Waals surface area contributed by atoms with Crippen molar-refractivity contribution in [1.29, 1.82) is 0 Å². The minimum absolute atomic E-state index is 0.388. The summed E-state index contributed by atoms with van der Waals surface area (Å²) < 4.78 is 5.70. The molecule has 3 heteroatoms. The average molecular weight is 221 g/mol. The maximum absolute atomic E-state index is 10.3. The van der Waals surface area contributed by atoms with Crippen LogP contribution in [0.3, 0.4) is 0 Å². The van der Waals surface area contributed by atoms with E-state index in [4.69, 9.17) is 4.74 Å². The molecule has 2 N–H and O–H groups in total. The molecule has 0 saturated carbocycles. The molecule has 1 aliphatic heterocycles. The first-order chi connectivity index (χ1) is 7.70. The Bertz CT molecular complexity index is 346. The molecule has 0 unspecified atom stereocenters. The van der Waals surface area contributed by atoms with Gasteiger partial charge >= 0.3 is 0 Å². The predicted molar refractivity (Wildman–Crippen MR) is 63.7 cm³/mol. The lowest BCUT2D eigenvalue weighted by Crippen LogP contribution is -2.46. The predicted octanol–water partition coefficient (Wildman–Crippen LogP) is 1.49. The second-order valence-corrected chi connectivity index (χ2v) is 4.53. The molecule has 1 aromatic rings. The van der Waals surface area contributed by atoms with Crippen molar-refractivity contribution < 1.29 is 9.84 Å². The zero-order valence-electron chi connectivity index (χ0n) is 9.70. The van der Waals surface area contributed by atoms with Gasteiger partial charge in [0.25, 0.3) is 0 Å². The van der Waals surface area contributed by atoms with E-state index >= 15 is 0 Å². The smallest absolute Gasteiger partial charge is 0.122 e. The van der Waals surface area contributed by atoms with Crippen molar-refractivity contribution in [1.82, 2.24) is 5.32 Å². The normalized spacial score (nSPS) is 19.4. The minimum atomic E-state index is -0.659. The van der Waals surface area contributed by atoms with E-state index in [1.807, 2.05) is 31.2 Å². The Morgan fingerprint density at radius 1 is 1.31 bits per heavy atom. The van der Waals surface area contributed by atoms with Gasteiger partial charge in [-0.1, -0.05) is 18.2 Å². The summed E-state index contributed by atoms with van der Waals surface area (Å²) in [6, 6.07) is 7.90. The van der Waals surface area contributed by atoms with Crippen molar-refractivity contribution in [3.63, 3.8) is 0 Å². The van der Waals surface area contributed by atoms with Crippen molar-refractivity contribution in [2.24, 2.45) is 0 Å². The molecular weight excluding hydrogens is 202 g/mol. The lowest BCUT2D eigenvalue weighted by molar-refractivity contribution is -0.0287. The number of aryl methyl sites for hydroxylation is 1. The maximum atomic E-state index is 10.3. The highest BCUT2D eigenvalue weighted by Crippen LogP contribution is 2.22. The first-order valence-corrected chi connectivity index (χ1v) is 5.81. The molecule has 0 amide bonds. The van der Waals surface area contributed by atoms with Gasteiger partial charge in [0.2, 0.25) is 0 Å². The second kappa shape index (κ2) is 4.85. The summed E-state index contributed by atoms with van der Waals surface area (Å²) >= 11 is 0. The number of rotatable bonds is 3. The summed E-state index contributed by atoms with van der Waals surface area (Å²) in [5, 5.41) is 13.5. The van der Waals surface area contributed by atoms with Gasteiger partial charge in [-0.25, -0.2) is 0 Å². The number of piperidine rings is 1. The topological polar surface area (TPSA) is 41.5 Å². The fourth-order valence-electron chi connectivity index (χ4n) is 1.97. The van der Waals surface area contributed by atoms with Crippen molar-refractivity contribution >= 4 is 0 Å². The Kier molecular flexibility index (Phi) is 3.46. The maximum Gasteiger partial charge on any atom is 0.122 e. The van der Waals surface area contributed by atoms with Gasteiger partial charge in [-0.05, 0) is 44.5 Å². The number of ether oxygens (including phenoxy) is 1. The highest BCUT2D eigenvalue weighted by Gasteiger charge is 2.29. The molecule has 1 saturated heterocycles. The average Bonchev–Trinajstić information content (AvgIpc) is 2.29. The number of hydrogen-bond acceptors (Lipinski definition) is 3. The molecule has 2 rings (SSSR count). The van der Waals surface area contributed by atoms with E-state index in [0.29, 0.717) is 6.61 Å². The van der Waals surface area contributed by atoms with Gasteiger partial charge in [0.15, 0.2) is 0 Å². The van der Waals surface area contributed by atoms with Crippen molar-refractivity contribution in [2.75, 3.05) is 19.7 Å². The van der Waals surface area contributed by atoms with Crippen LogP contribution in [0.4, 0.5) is 0 Å². The van der Waals surface area contributed by atoms with E-state index < -0.39 is 5.60 Å². The zero-order valence-corrected chi connectivity index (χ0v) is 9.70. The standard InChI is InChI=1S/C13H19NO2/c1-11-4-2-3-5-12(11)16-10-13(15)6-8-14-9-7-13/h2-5,14-15H,6-10H2,1H3. The van der Waals surface area contributed by atoms with Crippen molar-refractivity contribution in [2.45, 2.75) is 25.4 Å². The molecule has 0 aliphatic carbocycles. The molecule has 1 aliphatic rings. The molecule has 3 nitrogen and oxygen atoms in total. The van der Waals surface area contributed by atoms with E-state index in [2.05, 4.69) is 5.32 Å². The van der Waals surface area contributed by atoms with Gasteiger partial charge in [0.1, 0.15) is 18.0 Å². The van der Waals surface area contributed by atoms with Crippen LogP contribution < -0.4 is 10.1 Å². The molecular formula is C13H19NO2. The van der Waals surface area contributed by atoms with E-state index in [0.717, 1.165) is 37.2 Å². The van der Waals surface area contributed by atoms with Crippen LogP contribution >= 0.6 is 0 Å². The van der Waals surface area contributed by atoms with Crippen LogP contribution in [-0.4, -0.2) is 30.4 Å². The fourth-order valence-corrected chi connectivity index (χ4v) is 1.97. The Labute approximate surface area is 96.4 Å². The van der Waals surface area contributed by atoms with E-state index in [9.17, 15) is 5.11 Å². The number of hydrogen-bond donors (Lipinski definition) is 2. The van der Waals surface area contributed by atoms with Crippen molar-refractivity contribution in [3.05, 3.63) is 29.8 Å². The van der Waals surface area contributed by atoms with E-state index in [1.54, 1.807) is 0 Å². The van der Waals surface area contributed by atoms with Gasteiger partial charge in [-0.15, -0.1) is 0 Å². The first kappa shape index (κ1) is 11.4. The molecule has 0 bridgehead atoms. The first-order valence-electron chi connectivity index (χ1n) is 5.81. The van der Waals surface area contributed by atoms with Crippen LogP contribution in [0.1, 0.15) is 18.4 Å². The third-order valence-corrected chi connectivity index (χ3v) is 3.12. The number of aliphatic hydroxyl groups is 1. The molecule has 1 fully saturated rings. The van der Waals surface area contributed by atoms with Gasteiger partial charge in [0, 0.05) is 0 Å². The quantitative estimate of drug-likeness (QED) is 0.812. The lowest BCUT2D eigenvalue weighted by atomic mass is 9.93. The summed E-state index contributed by atoms with van der Waals surface area (Å²) in [5.41, 5.74) is 0.452. The highest BCUT2D eigenvalue weighted by atomic mass is 16.5. The molecule has 88 valence electrons. The van der Waals surface area contributed by atoms with Crippen molar-refractivity contribution in [3.8, 4) is 5.75 Å².